The van der Waals surface area contributed by atoms with Crippen LogP contribution in [-0.2, 0) is 14.3 Å². The maximum Gasteiger partial charge on any atom is 0.319 e. The molecule has 1 fully saturated rings. The minimum Gasteiger partial charge on any atom is -0.435 e. The van der Waals surface area contributed by atoms with E-state index < -0.39 is 18.2 Å². The maximum absolute atomic E-state index is 11.2. The molecule has 66 valence electrons. The van der Waals surface area contributed by atoms with Gasteiger partial charge in [0.2, 0.25) is 6.29 Å². The molecule has 1 N–H and O–H groups in total. The van der Waals surface area contributed by atoms with Crippen LogP contribution in [0.5, 0.6) is 0 Å². The van der Waals surface area contributed by atoms with E-state index in [0.29, 0.717) is 5.57 Å². The summed E-state index contributed by atoms with van der Waals surface area (Å²) in [5.74, 6) is -1.86. The van der Waals surface area contributed by atoms with Crippen molar-refractivity contribution in [1.29, 1.82) is 0 Å². The summed E-state index contributed by atoms with van der Waals surface area (Å²) in [6.45, 7) is 4.95. The third-order valence-electron chi connectivity index (χ3n) is 1.71. The van der Waals surface area contributed by atoms with E-state index >= 15 is 0 Å². The summed E-state index contributed by atoms with van der Waals surface area (Å²) in [6.07, 6.45) is -1.09. The summed E-state index contributed by atoms with van der Waals surface area (Å²) in [5, 5.41) is 8.88. The number of ether oxygens (including phenoxy) is 1. The van der Waals surface area contributed by atoms with Gasteiger partial charge >= 0.3 is 5.97 Å². The van der Waals surface area contributed by atoms with Crippen LogP contribution in [0.1, 0.15) is 13.3 Å². The van der Waals surface area contributed by atoms with Crippen LogP contribution in [-0.4, -0.2) is 23.1 Å². The number of carbonyl (C=O) groups is 2. The van der Waals surface area contributed by atoms with Crippen LogP contribution in [0.3, 0.4) is 0 Å². The summed E-state index contributed by atoms with van der Waals surface area (Å²) in [5.41, 5.74) is 0.311. The molecule has 1 rings (SSSR count). The zero-order chi connectivity index (χ0) is 9.30. The molecule has 1 aliphatic heterocycles. The number of hydrogen-bond acceptors (Lipinski definition) is 4. The molecule has 0 aromatic rings. The second kappa shape index (κ2) is 3.06. The monoisotopic (exact) mass is 170 g/mol. The van der Waals surface area contributed by atoms with Crippen LogP contribution in [0.4, 0.5) is 0 Å². The van der Waals surface area contributed by atoms with E-state index in [2.05, 4.69) is 11.3 Å². The lowest BCUT2D eigenvalue weighted by Crippen LogP contribution is -2.19. The molecule has 2 unspecified atom stereocenters. The van der Waals surface area contributed by atoms with Gasteiger partial charge in [-0.05, 0) is 12.5 Å². The minimum atomic E-state index is -1.13. The van der Waals surface area contributed by atoms with E-state index in [-0.39, 0.29) is 12.2 Å². The molecule has 1 heterocycles. The van der Waals surface area contributed by atoms with Gasteiger partial charge in [0.25, 0.3) is 0 Å². The van der Waals surface area contributed by atoms with Gasteiger partial charge in [-0.15, -0.1) is 0 Å². The average Bonchev–Trinajstić information content (AvgIpc) is 2.28. The van der Waals surface area contributed by atoms with Crippen molar-refractivity contribution < 1.29 is 19.4 Å². The van der Waals surface area contributed by atoms with Gasteiger partial charge in [-0.25, -0.2) is 0 Å². The Morgan fingerprint density at radius 3 is 2.67 bits per heavy atom. The first-order chi connectivity index (χ1) is 5.52. The molecule has 1 saturated heterocycles. The number of Topliss-reactive ketones (excluding diaryl/α,β-unsaturated/α-hetero) is 1. The second-order valence-electron chi connectivity index (χ2n) is 2.82. The Morgan fingerprint density at radius 2 is 2.33 bits per heavy atom. The zero-order valence-electron chi connectivity index (χ0n) is 6.74. The molecule has 1 aliphatic rings. The molecule has 12 heavy (non-hydrogen) atoms. The van der Waals surface area contributed by atoms with Crippen molar-refractivity contribution in [3.63, 3.8) is 0 Å². The van der Waals surface area contributed by atoms with Gasteiger partial charge in [-0.2, -0.15) is 0 Å². The van der Waals surface area contributed by atoms with Crippen molar-refractivity contribution in [2.24, 2.45) is 5.92 Å². The lowest BCUT2D eigenvalue weighted by Gasteiger charge is -2.01. The number of carbonyl (C=O) groups excluding carboxylic acids is 2. The number of aliphatic hydroxyl groups excluding tert-OH is 1. The number of ketones is 1. The van der Waals surface area contributed by atoms with Crippen molar-refractivity contribution in [1.82, 2.24) is 0 Å². The van der Waals surface area contributed by atoms with Crippen LogP contribution < -0.4 is 0 Å². The molecule has 0 radical (unpaired) electrons. The summed E-state index contributed by atoms with van der Waals surface area (Å²) in [4.78, 5) is 22.1. The number of cyclic esters (lactones) is 1. The lowest BCUT2D eigenvalue weighted by atomic mass is 9.98. The number of aliphatic hydroxyl groups is 1. The SMILES string of the molecule is C=C(C)C(=O)C1CC(O)OC1=O. The molecule has 4 heteroatoms. The van der Waals surface area contributed by atoms with Crippen molar-refractivity contribution in [3.05, 3.63) is 12.2 Å². The molecule has 2 atom stereocenters. The summed E-state index contributed by atoms with van der Waals surface area (Å²) < 4.78 is 4.40. The van der Waals surface area contributed by atoms with Gasteiger partial charge in [-0.3, -0.25) is 9.59 Å². The molecule has 0 aromatic carbocycles. The summed E-state index contributed by atoms with van der Waals surface area (Å²) in [7, 11) is 0. The molecule has 4 nitrogen and oxygen atoms in total. The Kier molecular flexibility index (Phi) is 2.28. The van der Waals surface area contributed by atoms with E-state index in [1.54, 1.807) is 0 Å². The van der Waals surface area contributed by atoms with E-state index in [9.17, 15) is 9.59 Å². The highest BCUT2D eigenvalue weighted by atomic mass is 16.6. The molecule has 0 saturated carbocycles. The fourth-order valence-electron chi connectivity index (χ4n) is 1.07. The van der Waals surface area contributed by atoms with Gasteiger partial charge in [0.1, 0.15) is 5.92 Å². The number of hydrogen-bond donors (Lipinski definition) is 1. The number of esters is 1. The first kappa shape index (κ1) is 8.93. The maximum atomic E-state index is 11.2. The largest absolute Gasteiger partial charge is 0.435 e. The van der Waals surface area contributed by atoms with Gasteiger partial charge < -0.3 is 9.84 Å². The highest BCUT2D eigenvalue weighted by Crippen LogP contribution is 2.22. The highest BCUT2D eigenvalue weighted by molar-refractivity contribution is 6.08. The quantitative estimate of drug-likeness (QED) is 0.360. The fourth-order valence-corrected chi connectivity index (χ4v) is 1.07. The summed E-state index contributed by atoms with van der Waals surface area (Å²) >= 11 is 0. The van der Waals surface area contributed by atoms with Crippen LogP contribution in [0.15, 0.2) is 12.2 Å². The molecular weight excluding hydrogens is 160 g/mol. The lowest BCUT2D eigenvalue weighted by molar-refractivity contribution is -0.155. The van der Waals surface area contributed by atoms with E-state index in [4.69, 9.17) is 5.11 Å². The Hall–Kier alpha value is -1.16. The molecule has 0 spiro atoms. The van der Waals surface area contributed by atoms with Gasteiger partial charge in [0.05, 0.1) is 0 Å². The summed E-state index contributed by atoms with van der Waals surface area (Å²) in [6, 6.07) is 0. The van der Waals surface area contributed by atoms with Crippen molar-refractivity contribution in [3.8, 4) is 0 Å². The van der Waals surface area contributed by atoms with Gasteiger partial charge in [0.15, 0.2) is 5.78 Å². The van der Waals surface area contributed by atoms with E-state index in [1.807, 2.05) is 0 Å². The van der Waals surface area contributed by atoms with Crippen LogP contribution >= 0.6 is 0 Å². The normalized spacial score (nSPS) is 28.3. The smallest absolute Gasteiger partial charge is 0.319 e. The Bertz CT molecular complexity index is 243. The molecule has 0 bridgehead atoms. The minimum absolute atomic E-state index is 0.0462. The topological polar surface area (TPSA) is 63.6 Å². The standard InChI is InChI=1S/C8H10O4/c1-4(2)7(10)5-3-6(9)12-8(5)11/h5-6,9H,1,3H2,2H3. The first-order valence-electron chi connectivity index (χ1n) is 3.60. The third kappa shape index (κ3) is 1.53. The van der Waals surface area contributed by atoms with Crippen LogP contribution in [0.2, 0.25) is 0 Å². The zero-order valence-corrected chi connectivity index (χ0v) is 6.74. The average molecular weight is 170 g/mol. The predicted octanol–water partition coefficient (Wildman–Crippen LogP) is 0.0131. The van der Waals surface area contributed by atoms with Gasteiger partial charge in [-0.1, -0.05) is 6.58 Å². The van der Waals surface area contributed by atoms with E-state index in [0.717, 1.165) is 0 Å². The van der Waals surface area contributed by atoms with Crippen molar-refractivity contribution in [2.45, 2.75) is 19.6 Å². The highest BCUT2D eigenvalue weighted by Gasteiger charge is 2.38. The predicted molar refractivity (Wildman–Crippen MR) is 40.0 cm³/mol. The fraction of sp³-hybridized carbons (Fsp3) is 0.500. The van der Waals surface area contributed by atoms with E-state index in [1.165, 1.54) is 6.92 Å². The molecule has 0 amide bonds. The Labute approximate surface area is 69.8 Å². The first-order valence-corrected chi connectivity index (χ1v) is 3.60. The third-order valence-corrected chi connectivity index (χ3v) is 1.71. The van der Waals surface area contributed by atoms with Gasteiger partial charge in [0, 0.05) is 6.42 Å². The second-order valence-corrected chi connectivity index (χ2v) is 2.82. The van der Waals surface area contributed by atoms with Crippen LogP contribution in [0.25, 0.3) is 0 Å². The molecular formula is C8H10O4. The number of rotatable bonds is 2. The molecule has 0 aliphatic carbocycles. The number of allylic oxidation sites excluding steroid dienone is 1. The molecule has 0 aromatic heterocycles. The van der Waals surface area contributed by atoms with Crippen molar-refractivity contribution in [2.75, 3.05) is 0 Å². The van der Waals surface area contributed by atoms with Crippen molar-refractivity contribution >= 4 is 11.8 Å². The Morgan fingerprint density at radius 1 is 1.75 bits per heavy atom. The Balaban J connectivity index is 2.71. The van der Waals surface area contributed by atoms with Crippen LogP contribution in [0, 0.1) is 5.92 Å².